The molecule has 0 aliphatic rings. The summed E-state index contributed by atoms with van der Waals surface area (Å²) in [6.07, 6.45) is 1.01. The fourth-order valence-electron chi connectivity index (χ4n) is 1.95. The van der Waals surface area contributed by atoms with Crippen LogP contribution in [0.2, 0.25) is 0 Å². The Morgan fingerprint density at radius 1 is 1.00 bits per heavy atom. The van der Waals surface area contributed by atoms with Gasteiger partial charge in [0.15, 0.2) is 0 Å². The van der Waals surface area contributed by atoms with Crippen molar-refractivity contribution in [1.82, 2.24) is 0 Å². The molecule has 6 heteroatoms. The van der Waals surface area contributed by atoms with Gasteiger partial charge in [-0.3, -0.25) is 0 Å². The smallest absolute Gasteiger partial charge is 0.475 e. The Kier molecular flexibility index (Phi) is 8.43. The Bertz CT molecular complexity index is 655. The lowest BCUT2D eigenvalue weighted by Crippen LogP contribution is -2.21. The van der Waals surface area contributed by atoms with Crippen molar-refractivity contribution in [3.05, 3.63) is 83.9 Å². The summed E-state index contributed by atoms with van der Waals surface area (Å²) in [5.74, 6) is -2.76. The van der Waals surface area contributed by atoms with Crippen molar-refractivity contribution in [3.8, 4) is 0 Å². The van der Waals surface area contributed by atoms with Crippen molar-refractivity contribution in [2.24, 2.45) is 5.73 Å². The highest BCUT2D eigenvalue weighted by Crippen LogP contribution is 2.13. The van der Waals surface area contributed by atoms with Gasteiger partial charge in [0.05, 0.1) is 0 Å². The van der Waals surface area contributed by atoms with Crippen LogP contribution >= 0.6 is 0 Å². The molecular weight excluding hydrogens is 331 g/mol. The van der Waals surface area contributed by atoms with Crippen LogP contribution in [0.1, 0.15) is 11.1 Å². The van der Waals surface area contributed by atoms with Gasteiger partial charge in [-0.05, 0) is 24.0 Å². The fraction of sp³-hybridized carbons (Fsp3) is 0.211. The number of carbonyl (C=O) groups is 1. The van der Waals surface area contributed by atoms with E-state index in [0.29, 0.717) is 0 Å². The Labute approximate surface area is 144 Å². The molecule has 2 aromatic rings. The van der Waals surface area contributed by atoms with Crippen molar-refractivity contribution >= 4 is 5.97 Å². The van der Waals surface area contributed by atoms with Gasteiger partial charge in [0, 0.05) is 6.04 Å². The van der Waals surface area contributed by atoms with Crippen LogP contribution in [0.5, 0.6) is 0 Å². The molecule has 0 heterocycles. The first-order valence-electron chi connectivity index (χ1n) is 7.59. The zero-order valence-electron chi connectivity index (χ0n) is 13.5. The van der Waals surface area contributed by atoms with E-state index in [0.717, 1.165) is 12.8 Å². The van der Waals surface area contributed by atoms with E-state index in [1.165, 1.54) is 11.1 Å². The second-order valence-electron chi connectivity index (χ2n) is 5.27. The van der Waals surface area contributed by atoms with E-state index in [-0.39, 0.29) is 6.04 Å². The normalized spacial score (nSPS) is 12.3. The lowest BCUT2D eigenvalue weighted by atomic mass is 10.1. The second-order valence-corrected chi connectivity index (χ2v) is 5.27. The SMILES string of the molecule is N[C@H](/C=C\Cc1ccccc1)Cc1ccccc1.O=C(O)C(F)(F)F. The first-order valence-corrected chi connectivity index (χ1v) is 7.59. The van der Waals surface area contributed by atoms with E-state index in [1.807, 2.05) is 12.1 Å². The third-order valence-electron chi connectivity index (χ3n) is 3.14. The number of halogens is 3. The molecule has 0 saturated heterocycles. The summed E-state index contributed by atoms with van der Waals surface area (Å²) in [7, 11) is 0. The molecule has 0 bridgehead atoms. The van der Waals surface area contributed by atoms with Gasteiger partial charge in [-0.2, -0.15) is 13.2 Å². The Morgan fingerprint density at radius 2 is 1.44 bits per heavy atom. The number of hydrogen-bond acceptors (Lipinski definition) is 2. The number of hydrogen-bond donors (Lipinski definition) is 2. The van der Waals surface area contributed by atoms with Crippen LogP contribution in [0.3, 0.4) is 0 Å². The lowest BCUT2D eigenvalue weighted by molar-refractivity contribution is -0.192. The standard InChI is InChI=1S/C17H19N.C2HF3O2/c18-17(14-16-10-5-2-6-11-16)13-7-12-15-8-3-1-4-9-15;3-2(4,5)1(6)7/h1-11,13,17H,12,14,18H2;(H,6,7)/b13-7-;/t17-;/m1./s1. The molecule has 2 aromatic carbocycles. The highest BCUT2D eigenvalue weighted by molar-refractivity contribution is 5.73. The van der Waals surface area contributed by atoms with Crippen LogP contribution in [0.25, 0.3) is 0 Å². The van der Waals surface area contributed by atoms with Crippen molar-refractivity contribution in [3.63, 3.8) is 0 Å². The van der Waals surface area contributed by atoms with E-state index >= 15 is 0 Å². The first-order chi connectivity index (χ1) is 11.8. The van der Waals surface area contributed by atoms with Crippen LogP contribution in [0, 0.1) is 0 Å². The highest BCUT2D eigenvalue weighted by Gasteiger charge is 2.38. The molecule has 3 N–H and O–H groups in total. The molecule has 0 aliphatic heterocycles. The molecule has 3 nitrogen and oxygen atoms in total. The van der Waals surface area contributed by atoms with Gasteiger partial charge in [0.25, 0.3) is 0 Å². The highest BCUT2D eigenvalue weighted by atomic mass is 19.4. The molecule has 0 aromatic heterocycles. The number of carboxylic acid groups (broad SMARTS) is 1. The van der Waals surface area contributed by atoms with Crippen molar-refractivity contribution in [2.45, 2.75) is 25.1 Å². The van der Waals surface area contributed by atoms with Gasteiger partial charge in [-0.15, -0.1) is 0 Å². The first kappa shape index (κ1) is 20.4. The molecule has 0 unspecified atom stereocenters. The predicted octanol–water partition coefficient (Wildman–Crippen LogP) is 3.99. The van der Waals surface area contributed by atoms with E-state index in [2.05, 4.69) is 60.7 Å². The van der Waals surface area contributed by atoms with E-state index in [4.69, 9.17) is 15.6 Å². The Hall–Kier alpha value is -2.60. The quantitative estimate of drug-likeness (QED) is 0.801. The topological polar surface area (TPSA) is 63.3 Å². The maximum atomic E-state index is 10.6. The molecule has 0 aliphatic carbocycles. The molecule has 2 rings (SSSR count). The van der Waals surface area contributed by atoms with Crippen molar-refractivity contribution in [2.75, 3.05) is 0 Å². The minimum atomic E-state index is -5.08. The van der Waals surface area contributed by atoms with Crippen LogP contribution in [-0.4, -0.2) is 23.3 Å². The minimum absolute atomic E-state index is 0.0936. The number of rotatable bonds is 5. The fourth-order valence-corrected chi connectivity index (χ4v) is 1.95. The molecule has 0 saturated carbocycles. The van der Waals surface area contributed by atoms with Gasteiger partial charge in [-0.1, -0.05) is 72.8 Å². The van der Waals surface area contributed by atoms with Gasteiger partial charge in [0.2, 0.25) is 0 Å². The van der Waals surface area contributed by atoms with Crippen LogP contribution in [0.15, 0.2) is 72.8 Å². The zero-order valence-corrected chi connectivity index (χ0v) is 13.5. The van der Waals surface area contributed by atoms with E-state index in [9.17, 15) is 13.2 Å². The summed E-state index contributed by atoms with van der Waals surface area (Å²) < 4.78 is 31.7. The van der Waals surface area contributed by atoms with Crippen molar-refractivity contribution < 1.29 is 23.1 Å². The molecule has 0 amide bonds. The van der Waals surface area contributed by atoms with Gasteiger partial charge >= 0.3 is 12.1 Å². The minimum Gasteiger partial charge on any atom is -0.475 e. The van der Waals surface area contributed by atoms with Crippen LogP contribution in [-0.2, 0) is 17.6 Å². The molecule has 25 heavy (non-hydrogen) atoms. The maximum Gasteiger partial charge on any atom is 0.490 e. The zero-order chi connectivity index (χ0) is 18.7. The number of alkyl halides is 3. The number of aliphatic carboxylic acids is 1. The number of carboxylic acids is 1. The monoisotopic (exact) mass is 351 g/mol. The van der Waals surface area contributed by atoms with E-state index < -0.39 is 12.1 Å². The predicted molar refractivity (Wildman–Crippen MR) is 91.1 cm³/mol. The summed E-state index contributed by atoms with van der Waals surface area (Å²) in [4.78, 5) is 8.90. The number of benzene rings is 2. The van der Waals surface area contributed by atoms with Crippen molar-refractivity contribution in [1.29, 1.82) is 0 Å². The van der Waals surface area contributed by atoms with Gasteiger partial charge in [0.1, 0.15) is 0 Å². The third kappa shape index (κ3) is 9.32. The Morgan fingerprint density at radius 3 is 1.88 bits per heavy atom. The Balaban J connectivity index is 0.000000381. The molecule has 134 valence electrons. The third-order valence-corrected chi connectivity index (χ3v) is 3.14. The average molecular weight is 351 g/mol. The summed E-state index contributed by atoms with van der Waals surface area (Å²) in [5, 5.41) is 7.12. The second kappa shape index (κ2) is 10.3. The molecule has 0 radical (unpaired) electrons. The molecule has 0 spiro atoms. The maximum absolute atomic E-state index is 10.6. The van der Waals surface area contributed by atoms with Gasteiger partial charge < -0.3 is 10.8 Å². The number of nitrogens with two attached hydrogens (primary N) is 1. The lowest BCUT2D eigenvalue weighted by Gasteiger charge is -2.06. The summed E-state index contributed by atoms with van der Waals surface area (Å²) in [6.45, 7) is 0. The van der Waals surface area contributed by atoms with Crippen LogP contribution < -0.4 is 5.73 Å². The van der Waals surface area contributed by atoms with E-state index in [1.54, 1.807) is 0 Å². The summed E-state index contributed by atoms with van der Waals surface area (Å²) in [6, 6.07) is 20.9. The van der Waals surface area contributed by atoms with Gasteiger partial charge in [-0.25, -0.2) is 4.79 Å². The number of allylic oxidation sites excluding steroid dienone is 1. The molecular formula is C19H20F3NO2. The molecule has 0 fully saturated rings. The average Bonchev–Trinajstić information content (AvgIpc) is 2.56. The molecule has 1 atom stereocenters. The largest absolute Gasteiger partial charge is 0.490 e. The summed E-state index contributed by atoms with van der Waals surface area (Å²) >= 11 is 0. The summed E-state index contributed by atoms with van der Waals surface area (Å²) in [5.41, 5.74) is 8.69. The van der Waals surface area contributed by atoms with Crippen LogP contribution in [0.4, 0.5) is 13.2 Å².